The number of rotatable bonds is 1. The minimum atomic E-state index is -0.607. The van der Waals surface area contributed by atoms with E-state index in [9.17, 15) is 8.78 Å². The van der Waals surface area contributed by atoms with E-state index in [4.69, 9.17) is 5.73 Å². The van der Waals surface area contributed by atoms with Gasteiger partial charge in [-0.05, 0) is 28.5 Å². The molecule has 3 aromatic carbocycles. The predicted molar refractivity (Wildman–Crippen MR) is 73.7 cm³/mol. The maximum atomic E-state index is 13.9. The van der Waals surface area contributed by atoms with Crippen molar-refractivity contribution >= 4 is 16.5 Å². The highest BCUT2D eigenvalue weighted by Crippen LogP contribution is 2.29. The van der Waals surface area contributed by atoms with Gasteiger partial charge in [0.25, 0.3) is 0 Å². The lowest BCUT2D eigenvalue weighted by Crippen LogP contribution is -1.94. The zero-order chi connectivity index (χ0) is 13.4. The lowest BCUT2D eigenvalue weighted by atomic mass is 10.0. The smallest absolute Gasteiger partial charge is 0.146 e. The first-order valence-electron chi connectivity index (χ1n) is 5.89. The van der Waals surface area contributed by atoms with Crippen LogP contribution in [0.1, 0.15) is 0 Å². The van der Waals surface area contributed by atoms with Crippen molar-refractivity contribution in [2.75, 3.05) is 5.73 Å². The van der Waals surface area contributed by atoms with E-state index in [-0.39, 0.29) is 11.3 Å². The summed E-state index contributed by atoms with van der Waals surface area (Å²) in [7, 11) is 0. The molecule has 0 saturated carbocycles. The highest BCUT2D eigenvalue weighted by molar-refractivity contribution is 5.87. The van der Waals surface area contributed by atoms with Gasteiger partial charge >= 0.3 is 0 Å². The van der Waals surface area contributed by atoms with Crippen molar-refractivity contribution in [3.05, 3.63) is 66.2 Å². The molecule has 2 N–H and O–H groups in total. The van der Waals surface area contributed by atoms with Crippen molar-refractivity contribution in [1.29, 1.82) is 0 Å². The summed E-state index contributed by atoms with van der Waals surface area (Å²) in [5.41, 5.74) is 6.02. The molecule has 0 aliphatic rings. The molecule has 0 fully saturated rings. The number of halogens is 2. The van der Waals surface area contributed by atoms with E-state index in [0.29, 0.717) is 5.56 Å². The van der Waals surface area contributed by atoms with E-state index in [1.54, 1.807) is 6.07 Å². The summed E-state index contributed by atoms with van der Waals surface area (Å²) < 4.78 is 27.3. The van der Waals surface area contributed by atoms with Crippen LogP contribution >= 0.6 is 0 Å². The third-order valence-electron chi connectivity index (χ3n) is 3.15. The predicted octanol–water partition coefficient (Wildman–Crippen LogP) is 4.37. The molecule has 3 rings (SSSR count). The zero-order valence-electron chi connectivity index (χ0n) is 10.0. The fourth-order valence-corrected chi connectivity index (χ4v) is 2.14. The van der Waals surface area contributed by atoms with Gasteiger partial charge in [0, 0.05) is 11.6 Å². The Morgan fingerprint density at radius 3 is 2.26 bits per heavy atom. The fourth-order valence-electron chi connectivity index (χ4n) is 2.14. The Balaban J connectivity index is 2.21. The summed E-state index contributed by atoms with van der Waals surface area (Å²) in [5, 5.41) is 2.04. The molecule has 3 heteroatoms. The van der Waals surface area contributed by atoms with E-state index in [1.807, 2.05) is 36.4 Å². The number of fused-ring (bicyclic) bond motifs is 1. The second-order valence-corrected chi connectivity index (χ2v) is 4.42. The van der Waals surface area contributed by atoms with Gasteiger partial charge < -0.3 is 5.73 Å². The first-order valence-corrected chi connectivity index (χ1v) is 5.89. The molecule has 0 heterocycles. The number of nitrogens with two attached hydrogens (primary N) is 1. The van der Waals surface area contributed by atoms with E-state index in [1.165, 1.54) is 0 Å². The monoisotopic (exact) mass is 255 g/mol. The average Bonchev–Trinajstić information content (AvgIpc) is 2.42. The summed E-state index contributed by atoms with van der Waals surface area (Å²) in [6.07, 6.45) is 0. The number of benzene rings is 3. The van der Waals surface area contributed by atoms with E-state index < -0.39 is 11.6 Å². The molecular weight excluding hydrogens is 244 g/mol. The lowest BCUT2D eigenvalue weighted by molar-refractivity contribution is 0.607. The Labute approximate surface area is 109 Å². The molecule has 0 aromatic heterocycles. The van der Waals surface area contributed by atoms with E-state index >= 15 is 0 Å². The summed E-state index contributed by atoms with van der Waals surface area (Å²) in [6.45, 7) is 0. The summed E-state index contributed by atoms with van der Waals surface area (Å²) in [4.78, 5) is 0. The van der Waals surface area contributed by atoms with Gasteiger partial charge in [-0.15, -0.1) is 0 Å². The number of hydrogen-bond donors (Lipinski definition) is 1. The number of hydrogen-bond acceptors (Lipinski definition) is 1. The molecule has 0 aliphatic heterocycles. The maximum Gasteiger partial charge on any atom is 0.146 e. The zero-order valence-corrected chi connectivity index (χ0v) is 10.0. The molecule has 0 bridgehead atoms. The maximum absolute atomic E-state index is 13.9. The normalized spacial score (nSPS) is 10.8. The van der Waals surface area contributed by atoms with Crippen molar-refractivity contribution in [1.82, 2.24) is 0 Å². The van der Waals surface area contributed by atoms with Crippen LogP contribution in [0.3, 0.4) is 0 Å². The van der Waals surface area contributed by atoms with Gasteiger partial charge in [-0.3, -0.25) is 0 Å². The number of nitrogen functional groups attached to an aromatic ring is 1. The van der Waals surface area contributed by atoms with Crippen LogP contribution in [0.15, 0.2) is 54.6 Å². The molecule has 0 unspecified atom stereocenters. The van der Waals surface area contributed by atoms with Crippen LogP contribution in [0.4, 0.5) is 14.5 Å². The fraction of sp³-hybridized carbons (Fsp3) is 0. The molecule has 0 radical (unpaired) electrons. The van der Waals surface area contributed by atoms with Gasteiger partial charge in [0.2, 0.25) is 0 Å². The van der Waals surface area contributed by atoms with Crippen LogP contribution in [0.25, 0.3) is 21.9 Å². The Hall–Kier alpha value is -2.42. The molecule has 0 atom stereocenters. The molecule has 0 aliphatic carbocycles. The standard InChI is InChI=1S/C16H11F2N/c17-14-9-16(19)15(18)8-13(14)12-6-5-10-3-1-2-4-11(10)7-12/h1-9H,19H2. The molecular formula is C16H11F2N. The van der Waals surface area contributed by atoms with Crippen LogP contribution in [0, 0.1) is 11.6 Å². The second kappa shape index (κ2) is 4.35. The molecule has 19 heavy (non-hydrogen) atoms. The second-order valence-electron chi connectivity index (χ2n) is 4.42. The van der Waals surface area contributed by atoms with E-state index in [2.05, 4.69) is 0 Å². The third kappa shape index (κ3) is 2.03. The Bertz CT molecular complexity index is 766. The molecule has 0 amide bonds. The van der Waals surface area contributed by atoms with Crippen molar-refractivity contribution < 1.29 is 8.78 Å². The quantitative estimate of drug-likeness (QED) is 0.642. The van der Waals surface area contributed by atoms with Gasteiger partial charge in [0.1, 0.15) is 11.6 Å². The molecule has 1 nitrogen and oxygen atoms in total. The van der Waals surface area contributed by atoms with Gasteiger partial charge in [-0.25, -0.2) is 8.78 Å². The van der Waals surface area contributed by atoms with Crippen molar-refractivity contribution in [2.24, 2.45) is 0 Å². The van der Waals surface area contributed by atoms with Crippen LogP contribution < -0.4 is 5.73 Å². The third-order valence-corrected chi connectivity index (χ3v) is 3.15. The van der Waals surface area contributed by atoms with Gasteiger partial charge in [0.15, 0.2) is 0 Å². The minimum absolute atomic E-state index is 0.179. The lowest BCUT2D eigenvalue weighted by Gasteiger charge is -2.07. The molecule has 0 saturated heterocycles. The summed E-state index contributed by atoms with van der Waals surface area (Å²) in [6, 6.07) is 15.4. The minimum Gasteiger partial charge on any atom is -0.396 e. The molecule has 94 valence electrons. The first-order chi connectivity index (χ1) is 9.15. The highest BCUT2D eigenvalue weighted by Gasteiger charge is 2.10. The van der Waals surface area contributed by atoms with E-state index in [0.717, 1.165) is 22.9 Å². The van der Waals surface area contributed by atoms with Crippen LogP contribution in [0.5, 0.6) is 0 Å². The van der Waals surface area contributed by atoms with Crippen LogP contribution in [0.2, 0.25) is 0 Å². The summed E-state index contributed by atoms with van der Waals surface area (Å²) >= 11 is 0. The van der Waals surface area contributed by atoms with Crippen molar-refractivity contribution in [3.8, 4) is 11.1 Å². The Morgan fingerprint density at radius 1 is 0.737 bits per heavy atom. The first kappa shape index (κ1) is 11.7. The molecule has 3 aromatic rings. The van der Waals surface area contributed by atoms with Crippen molar-refractivity contribution in [2.45, 2.75) is 0 Å². The van der Waals surface area contributed by atoms with Gasteiger partial charge in [0.05, 0.1) is 5.69 Å². The van der Waals surface area contributed by atoms with Crippen LogP contribution in [-0.4, -0.2) is 0 Å². The Morgan fingerprint density at radius 2 is 1.47 bits per heavy atom. The summed E-state index contributed by atoms with van der Waals surface area (Å²) in [5.74, 6) is -1.13. The topological polar surface area (TPSA) is 26.0 Å². The Kier molecular flexibility index (Phi) is 2.67. The largest absolute Gasteiger partial charge is 0.396 e. The van der Waals surface area contributed by atoms with Crippen LogP contribution in [-0.2, 0) is 0 Å². The SMILES string of the molecule is Nc1cc(F)c(-c2ccc3ccccc3c2)cc1F. The number of anilines is 1. The van der Waals surface area contributed by atoms with Gasteiger partial charge in [-0.2, -0.15) is 0 Å². The molecule has 0 spiro atoms. The highest BCUT2D eigenvalue weighted by atomic mass is 19.1. The van der Waals surface area contributed by atoms with Gasteiger partial charge in [-0.1, -0.05) is 36.4 Å². The average molecular weight is 255 g/mol. The van der Waals surface area contributed by atoms with Crippen molar-refractivity contribution in [3.63, 3.8) is 0 Å².